The Morgan fingerprint density at radius 3 is 2.79 bits per heavy atom. The highest BCUT2D eigenvalue weighted by Crippen LogP contribution is 2.16. The van der Waals surface area contributed by atoms with Crippen molar-refractivity contribution in [3.63, 3.8) is 0 Å². The highest BCUT2D eigenvalue weighted by molar-refractivity contribution is 5.96. The number of aryl methyl sites for hydroxylation is 1. The van der Waals surface area contributed by atoms with Crippen LogP contribution in [-0.4, -0.2) is 32.4 Å². The fourth-order valence-electron chi connectivity index (χ4n) is 3.10. The van der Waals surface area contributed by atoms with Gasteiger partial charge in [-0.3, -0.25) is 10.1 Å². The number of benzene rings is 1. The molecule has 0 fully saturated rings. The molecule has 2 N–H and O–H groups in total. The molecule has 0 bridgehead atoms. The fraction of sp³-hybridized carbons (Fsp3) is 0.500. The van der Waals surface area contributed by atoms with E-state index in [-0.39, 0.29) is 5.91 Å². The predicted molar refractivity (Wildman–Crippen MR) is 105 cm³/mol. The van der Waals surface area contributed by atoms with E-state index in [1.807, 2.05) is 0 Å². The van der Waals surface area contributed by atoms with Crippen molar-refractivity contribution >= 4 is 17.7 Å². The molecule has 28 heavy (non-hydrogen) atoms. The van der Waals surface area contributed by atoms with Crippen LogP contribution in [0.25, 0.3) is 0 Å². The average molecular weight is 385 g/mol. The lowest BCUT2D eigenvalue weighted by molar-refractivity contribution is 0.0635. The Kier molecular flexibility index (Phi) is 5.96. The molecule has 1 aliphatic rings. The molecule has 1 aromatic heterocycles. The van der Waals surface area contributed by atoms with Crippen LogP contribution in [0.5, 0.6) is 0 Å². The summed E-state index contributed by atoms with van der Waals surface area (Å²) in [6, 6.07) is 6.73. The van der Waals surface area contributed by atoms with Gasteiger partial charge in [-0.25, -0.2) is 4.79 Å². The zero-order valence-corrected chi connectivity index (χ0v) is 16.6. The monoisotopic (exact) mass is 385 g/mol. The minimum Gasteiger partial charge on any atom is -0.444 e. The molecule has 0 saturated carbocycles. The van der Waals surface area contributed by atoms with E-state index < -0.39 is 11.7 Å². The van der Waals surface area contributed by atoms with Gasteiger partial charge in [-0.1, -0.05) is 12.5 Å². The first-order chi connectivity index (χ1) is 13.3. The SMILES string of the molecule is CC(C)(C)OC(=O)Nc1cccc(C(=O)NCc2nnc3n2CCCCC3)c1. The number of anilines is 1. The smallest absolute Gasteiger partial charge is 0.412 e. The van der Waals surface area contributed by atoms with E-state index in [0.29, 0.717) is 17.8 Å². The molecule has 0 radical (unpaired) electrons. The van der Waals surface area contributed by atoms with Crippen molar-refractivity contribution < 1.29 is 14.3 Å². The molecule has 0 saturated heterocycles. The van der Waals surface area contributed by atoms with Crippen molar-refractivity contribution in [2.45, 2.75) is 65.1 Å². The van der Waals surface area contributed by atoms with Gasteiger partial charge >= 0.3 is 6.09 Å². The molecule has 0 atom stereocenters. The average Bonchev–Trinajstić information content (AvgIpc) is 2.84. The standard InChI is InChI=1S/C20H27N5O3/c1-20(2,3)28-19(27)22-15-9-7-8-14(12-15)18(26)21-13-17-24-23-16-10-5-4-6-11-25(16)17/h7-9,12H,4-6,10-11,13H2,1-3H3,(H,21,26)(H,22,27). The number of rotatable bonds is 4. The zero-order chi connectivity index (χ0) is 20.1. The number of nitrogens with one attached hydrogen (secondary N) is 2. The van der Waals surface area contributed by atoms with Crippen LogP contribution in [0.2, 0.25) is 0 Å². The van der Waals surface area contributed by atoms with E-state index in [1.165, 1.54) is 6.42 Å². The zero-order valence-electron chi connectivity index (χ0n) is 16.6. The molecule has 0 spiro atoms. The van der Waals surface area contributed by atoms with E-state index in [2.05, 4.69) is 25.4 Å². The summed E-state index contributed by atoms with van der Waals surface area (Å²) in [5, 5.41) is 14.0. The fourth-order valence-corrected chi connectivity index (χ4v) is 3.10. The Bertz CT molecular complexity index is 854. The van der Waals surface area contributed by atoms with Gasteiger partial charge in [0.1, 0.15) is 11.4 Å². The van der Waals surface area contributed by atoms with Crippen molar-refractivity contribution in [2.24, 2.45) is 0 Å². The van der Waals surface area contributed by atoms with E-state index in [1.54, 1.807) is 45.0 Å². The highest BCUT2D eigenvalue weighted by Gasteiger charge is 2.18. The number of hydrogen-bond donors (Lipinski definition) is 2. The van der Waals surface area contributed by atoms with Gasteiger partial charge in [-0.15, -0.1) is 10.2 Å². The number of carbonyl (C=O) groups excluding carboxylic acids is 2. The Hall–Kier alpha value is -2.90. The molecule has 1 aliphatic heterocycles. The molecular formula is C20H27N5O3. The third-order valence-corrected chi connectivity index (χ3v) is 4.36. The van der Waals surface area contributed by atoms with Crippen LogP contribution in [0.15, 0.2) is 24.3 Å². The molecular weight excluding hydrogens is 358 g/mol. The molecule has 8 heteroatoms. The first-order valence-electron chi connectivity index (χ1n) is 9.61. The van der Waals surface area contributed by atoms with E-state index in [0.717, 1.165) is 37.5 Å². The number of fused-ring (bicyclic) bond motifs is 1. The van der Waals surface area contributed by atoms with Gasteiger partial charge in [0.2, 0.25) is 0 Å². The molecule has 0 aliphatic carbocycles. The minimum atomic E-state index is -0.588. The minimum absolute atomic E-state index is 0.237. The number of ether oxygens (including phenoxy) is 1. The van der Waals surface area contributed by atoms with Crippen molar-refractivity contribution in [1.29, 1.82) is 0 Å². The molecule has 3 rings (SSSR count). The first kappa shape index (κ1) is 19.9. The maximum absolute atomic E-state index is 12.5. The molecule has 2 aromatic rings. The van der Waals surface area contributed by atoms with Crippen molar-refractivity contribution in [2.75, 3.05) is 5.32 Å². The number of amides is 2. The molecule has 2 heterocycles. The maximum Gasteiger partial charge on any atom is 0.412 e. The predicted octanol–water partition coefficient (Wildman–Crippen LogP) is 3.28. The van der Waals surface area contributed by atoms with Crippen LogP contribution >= 0.6 is 0 Å². The van der Waals surface area contributed by atoms with Crippen LogP contribution < -0.4 is 10.6 Å². The van der Waals surface area contributed by atoms with E-state index in [9.17, 15) is 9.59 Å². The van der Waals surface area contributed by atoms with Crippen molar-refractivity contribution in [3.05, 3.63) is 41.5 Å². The summed E-state index contributed by atoms with van der Waals surface area (Å²) < 4.78 is 7.34. The summed E-state index contributed by atoms with van der Waals surface area (Å²) in [5.74, 6) is 1.53. The van der Waals surface area contributed by atoms with Crippen LogP contribution in [0, 0.1) is 0 Å². The summed E-state index contributed by atoms with van der Waals surface area (Å²) in [4.78, 5) is 24.4. The van der Waals surface area contributed by atoms with Gasteiger partial charge in [0, 0.05) is 24.2 Å². The molecule has 150 valence electrons. The van der Waals surface area contributed by atoms with Gasteiger partial charge < -0.3 is 14.6 Å². The van der Waals surface area contributed by atoms with Crippen molar-refractivity contribution in [3.8, 4) is 0 Å². The highest BCUT2D eigenvalue weighted by atomic mass is 16.6. The van der Waals surface area contributed by atoms with Gasteiger partial charge in [0.15, 0.2) is 5.82 Å². The van der Waals surface area contributed by atoms with Gasteiger partial charge in [0.05, 0.1) is 6.54 Å². The Labute approximate surface area is 164 Å². The summed E-state index contributed by atoms with van der Waals surface area (Å²) in [6.45, 7) is 6.59. The van der Waals surface area contributed by atoms with Crippen LogP contribution in [-0.2, 0) is 24.2 Å². The molecule has 1 aromatic carbocycles. The number of hydrogen-bond acceptors (Lipinski definition) is 5. The van der Waals surface area contributed by atoms with Gasteiger partial charge in [-0.2, -0.15) is 0 Å². The molecule has 8 nitrogen and oxygen atoms in total. The lowest BCUT2D eigenvalue weighted by atomic mass is 10.2. The van der Waals surface area contributed by atoms with E-state index >= 15 is 0 Å². The van der Waals surface area contributed by atoms with Crippen LogP contribution in [0.3, 0.4) is 0 Å². The summed E-state index contributed by atoms with van der Waals surface area (Å²) >= 11 is 0. The lowest BCUT2D eigenvalue weighted by Crippen LogP contribution is -2.27. The first-order valence-corrected chi connectivity index (χ1v) is 9.61. The van der Waals surface area contributed by atoms with Gasteiger partial charge in [0.25, 0.3) is 5.91 Å². The molecule has 2 amide bonds. The number of nitrogens with zero attached hydrogens (tertiary/aromatic N) is 3. The second-order valence-electron chi connectivity index (χ2n) is 7.89. The largest absolute Gasteiger partial charge is 0.444 e. The van der Waals surface area contributed by atoms with Crippen LogP contribution in [0.4, 0.5) is 10.5 Å². The third kappa shape index (κ3) is 5.31. The lowest BCUT2D eigenvalue weighted by Gasteiger charge is -2.19. The van der Waals surface area contributed by atoms with Crippen LogP contribution in [0.1, 0.15) is 62.0 Å². The Morgan fingerprint density at radius 2 is 2.00 bits per heavy atom. The quantitative estimate of drug-likeness (QED) is 0.842. The van der Waals surface area contributed by atoms with Crippen molar-refractivity contribution in [1.82, 2.24) is 20.1 Å². The summed E-state index contributed by atoms with van der Waals surface area (Å²) in [6.07, 6.45) is 3.79. The number of aromatic nitrogens is 3. The second kappa shape index (κ2) is 8.41. The molecule has 0 unspecified atom stereocenters. The summed E-state index contributed by atoms with van der Waals surface area (Å²) in [7, 11) is 0. The van der Waals surface area contributed by atoms with Gasteiger partial charge in [-0.05, 0) is 51.8 Å². The number of carbonyl (C=O) groups is 2. The second-order valence-corrected chi connectivity index (χ2v) is 7.89. The normalized spacial score (nSPS) is 14.0. The maximum atomic E-state index is 12.5. The Balaban J connectivity index is 1.61. The summed E-state index contributed by atoms with van der Waals surface area (Å²) in [5.41, 5.74) is 0.359. The Morgan fingerprint density at radius 1 is 1.18 bits per heavy atom. The topological polar surface area (TPSA) is 98.1 Å². The third-order valence-electron chi connectivity index (χ3n) is 4.36. The van der Waals surface area contributed by atoms with E-state index in [4.69, 9.17) is 4.74 Å².